The van der Waals surface area contributed by atoms with Crippen molar-refractivity contribution < 1.29 is 18.1 Å². The van der Waals surface area contributed by atoms with Crippen LogP contribution in [0.15, 0.2) is 22.7 Å². The van der Waals surface area contributed by atoms with Gasteiger partial charge in [0.2, 0.25) is 0 Å². The van der Waals surface area contributed by atoms with E-state index < -0.39 is 20.7 Å². The molecule has 0 aromatic heterocycles. The molecule has 0 radical (unpaired) electrons. The zero-order chi connectivity index (χ0) is 15.3. The summed E-state index contributed by atoms with van der Waals surface area (Å²) in [5, 5.41) is 13.3. The fraction of sp³-hybridized carbons (Fsp3) is 0.364. The van der Waals surface area contributed by atoms with E-state index in [1.54, 1.807) is 0 Å². The summed E-state index contributed by atoms with van der Waals surface area (Å²) in [6.07, 6.45) is 1.41. The number of hydrogen-bond donors (Lipinski definition) is 1. The largest absolute Gasteiger partial charge is 0.352 e. The van der Waals surface area contributed by atoms with Gasteiger partial charge in [-0.25, -0.2) is 8.42 Å². The highest BCUT2D eigenvalue weighted by molar-refractivity contribution is 9.10. The predicted molar refractivity (Wildman–Crippen MR) is 77.5 cm³/mol. The van der Waals surface area contributed by atoms with Crippen LogP contribution in [0.2, 0.25) is 0 Å². The normalized spacial score (nSPS) is 11.1. The van der Waals surface area contributed by atoms with E-state index in [0.717, 1.165) is 6.26 Å². The molecule has 0 spiro atoms. The summed E-state index contributed by atoms with van der Waals surface area (Å²) < 4.78 is 22.0. The van der Waals surface area contributed by atoms with Gasteiger partial charge in [0.15, 0.2) is 0 Å². The SMILES string of the molecule is CS(=O)(=O)CCCNC(=O)c1cccc([N+](=O)[O-])c1Br. The van der Waals surface area contributed by atoms with Gasteiger partial charge in [-0.05, 0) is 28.4 Å². The van der Waals surface area contributed by atoms with Crippen LogP contribution in [0, 0.1) is 10.1 Å². The maximum atomic E-state index is 11.9. The van der Waals surface area contributed by atoms with Crippen molar-refractivity contribution in [1.29, 1.82) is 0 Å². The molecule has 110 valence electrons. The summed E-state index contributed by atoms with van der Waals surface area (Å²) in [4.78, 5) is 22.0. The number of benzene rings is 1. The number of nitrogens with zero attached hydrogens (tertiary/aromatic N) is 1. The third kappa shape index (κ3) is 4.89. The van der Waals surface area contributed by atoms with Crippen molar-refractivity contribution in [2.75, 3.05) is 18.6 Å². The second-order valence-corrected chi connectivity index (χ2v) is 7.19. The second-order valence-electron chi connectivity index (χ2n) is 4.14. The minimum atomic E-state index is -3.06. The Kier molecular flexibility index (Phi) is 5.63. The van der Waals surface area contributed by atoms with Gasteiger partial charge in [-0.2, -0.15) is 0 Å². The first-order chi connectivity index (χ1) is 9.22. The van der Waals surface area contributed by atoms with E-state index in [-0.39, 0.29) is 34.4 Å². The summed E-state index contributed by atoms with van der Waals surface area (Å²) in [6.45, 7) is 0.182. The standard InChI is InChI=1S/C11H13BrN2O5S/c1-20(18,19)7-3-6-13-11(15)8-4-2-5-9(10(8)12)14(16)17/h2,4-5H,3,6-7H2,1H3,(H,13,15). The average molecular weight is 365 g/mol. The number of nitrogens with one attached hydrogen (secondary N) is 1. The van der Waals surface area contributed by atoms with Gasteiger partial charge in [-0.15, -0.1) is 0 Å². The topological polar surface area (TPSA) is 106 Å². The molecule has 0 atom stereocenters. The monoisotopic (exact) mass is 364 g/mol. The van der Waals surface area contributed by atoms with Crippen LogP contribution in [0.3, 0.4) is 0 Å². The van der Waals surface area contributed by atoms with Crippen molar-refractivity contribution in [2.45, 2.75) is 6.42 Å². The van der Waals surface area contributed by atoms with E-state index in [0.29, 0.717) is 0 Å². The number of rotatable bonds is 6. The number of halogens is 1. The number of carbonyl (C=O) groups is 1. The average Bonchev–Trinajstić information content (AvgIpc) is 2.33. The maximum absolute atomic E-state index is 11.9. The van der Waals surface area contributed by atoms with Gasteiger partial charge in [0.05, 0.1) is 16.2 Å². The summed E-state index contributed by atoms with van der Waals surface area (Å²) in [6, 6.07) is 4.14. The third-order valence-corrected chi connectivity index (χ3v) is 4.26. The van der Waals surface area contributed by atoms with E-state index in [2.05, 4.69) is 21.2 Å². The molecule has 20 heavy (non-hydrogen) atoms. The molecule has 1 aromatic rings. The molecule has 0 bridgehead atoms. The van der Waals surface area contributed by atoms with Crippen LogP contribution in [-0.2, 0) is 9.84 Å². The molecule has 1 aromatic carbocycles. The summed E-state index contributed by atoms with van der Waals surface area (Å²) in [5.74, 6) is -0.516. The van der Waals surface area contributed by atoms with E-state index in [1.807, 2.05) is 0 Å². The number of amides is 1. The van der Waals surface area contributed by atoms with Gasteiger partial charge < -0.3 is 5.32 Å². The van der Waals surface area contributed by atoms with E-state index in [9.17, 15) is 23.3 Å². The van der Waals surface area contributed by atoms with Crippen LogP contribution in [0.5, 0.6) is 0 Å². The summed E-state index contributed by atoms with van der Waals surface area (Å²) >= 11 is 3.02. The number of nitro groups is 1. The molecule has 1 amide bonds. The Bertz CT molecular complexity index is 630. The Labute approximate surface area is 124 Å². The first kappa shape index (κ1) is 16.6. The molecular formula is C11H13BrN2O5S. The lowest BCUT2D eigenvalue weighted by Gasteiger charge is -2.06. The molecule has 0 aliphatic carbocycles. The van der Waals surface area contributed by atoms with Crippen LogP contribution >= 0.6 is 15.9 Å². The molecule has 1 N–H and O–H groups in total. The fourth-order valence-electron chi connectivity index (χ4n) is 1.47. The van der Waals surface area contributed by atoms with Crippen molar-refractivity contribution in [2.24, 2.45) is 0 Å². The highest BCUT2D eigenvalue weighted by Crippen LogP contribution is 2.28. The number of hydrogen-bond acceptors (Lipinski definition) is 5. The zero-order valence-corrected chi connectivity index (χ0v) is 13.0. The first-order valence-electron chi connectivity index (χ1n) is 5.61. The van der Waals surface area contributed by atoms with Crippen molar-refractivity contribution in [3.8, 4) is 0 Å². The highest BCUT2D eigenvalue weighted by Gasteiger charge is 2.19. The molecule has 9 heteroatoms. The second kappa shape index (κ2) is 6.80. The summed E-state index contributed by atoms with van der Waals surface area (Å²) in [5.41, 5.74) is -0.0626. The number of sulfone groups is 1. The highest BCUT2D eigenvalue weighted by atomic mass is 79.9. The van der Waals surface area contributed by atoms with Gasteiger partial charge in [-0.1, -0.05) is 6.07 Å². The minimum absolute atomic E-state index is 0.0244. The lowest BCUT2D eigenvalue weighted by molar-refractivity contribution is -0.385. The van der Waals surface area contributed by atoms with E-state index >= 15 is 0 Å². The molecule has 7 nitrogen and oxygen atoms in total. The fourth-order valence-corrected chi connectivity index (χ4v) is 2.73. The Morgan fingerprint density at radius 2 is 2.10 bits per heavy atom. The van der Waals surface area contributed by atoms with Crippen molar-refractivity contribution in [3.05, 3.63) is 38.3 Å². The lowest BCUT2D eigenvalue weighted by Crippen LogP contribution is -2.26. The lowest BCUT2D eigenvalue weighted by atomic mass is 10.2. The maximum Gasteiger partial charge on any atom is 0.284 e. The molecule has 0 aliphatic rings. The summed E-state index contributed by atoms with van der Waals surface area (Å²) in [7, 11) is -3.06. The van der Waals surface area contributed by atoms with E-state index in [4.69, 9.17) is 0 Å². The van der Waals surface area contributed by atoms with Crippen LogP contribution in [0.4, 0.5) is 5.69 Å². The molecule has 0 aliphatic heterocycles. The van der Waals surface area contributed by atoms with Crippen molar-refractivity contribution >= 4 is 37.4 Å². The van der Waals surface area contributed by atoms with E-state index in [1.165, 1.54) is 18.2 Å². The van der Waals surface area contributed by atoms with Gasteiger partial charge in [-0.3, -0.25) is 14.9 Å². The minimum Gasteiger partial charge on any atom is -0.352 e. The molecular weight excluding hydrogens is 352 g/mol. The van der Waals surface area contributed by atoms with Crippen molar-refractivity contribution in [3.63, 3.8) is 0 Å². The molecule has 0 saturated heterocycles. The van der Waals surface area contributed by atoms with Gasteiger partial charge in [0.1, 0.15) is 14.3 Å². The Hall–Kier alpha value is -1.48. The smallest absolute Gasteiger partial charge is 0.284 e. The molecule has 0 heterocycles. The van der Waals surface area contributed by atoms with Crippen LogP contribution < -0.4 is 5.32 Å². The third-order valence-electron chi connectivity index (χ3n) is 2.40. The molecule has 0 saturated carbocycles. The quantitative estimate of drug-likeness (QED) is 0.467. The number of nitro benzene ring substituents is 1. The Morgan fingerprint density at radius 3 is 2.65 bits per heavy atom. The predicted octanol–water partition coefficient (Wildman–Crippen LogP) is 1.52. The Balaban J connectivity index is 2.69. The zero-order valence-electron chi connectivity index (χ0n) is 10.6. The van der Waals surface area contributed by atoms with Gasteiger partial charge >= 0.3 is 0 Å². The van der Waals surface area contributed by atoms with Gasteiger partial charge in [0.25, 0.3) is 11.6 Å². The molecule has 0 unspecified atom stereocenters. The number of carbonyl (C=O) groups excluding carboxylic acids is 1. The van der Waals surface area contributed by atoms with Crippen molar-refractivity contribution in [1.82, 2.24) is 5.32 Å². The van der Waals surface area contributed by atoms with Gasteiger partial charge in [0, 0.05) is 18.9 Å². The van der Waals surface area contributed by atoms with Crippen LogP contribution in [-0.4, -0.2) is 37.8 Å². The molecule has 0 fully saturated rings. The Morgan fingerprint density at radius 1 is 1.45 bits per heavy atom. The van der Waals surface area contributed by atoms with Crippen LogP contribution in [0.25, 0.3) is 0 Å². The molecule has 1 rings (SSSR count). The first-order valence-corrected chi connectivity index (χ1v) is 8.46. The van der Waals surface area contributed by atoms with Crippen LogP contribution in [0.1, 0.15) is 16.8 Å².